The van der Waals surface area contributed by atoms with Crippen molar-refractivity contribution < 1.29 is 4.74 Å². The number of methoxy groups -OCH3 is 1. The van der Waals surface area contributed by atoms with Gasteiger partial charge in [-0.1, -0.05) is 19.1 Å². The molecule has 0 heterocycles. The highest BCUT2D eigenvalue weighted by atomic mass is 32.2. The smallest absolute Gasteiger partial charge is 0.123 e. The van der Waals surface area contributed by atoms with Gasteiger partial charge in [-0.2, -0.15) is 11.8 Å². The van der Waals surface area contributed by atoms with Gasteiger partial charge >= 0.3 is 0 Å². The Balaban J connectivity index is 2.97. The first kappa shape index (κ1) is 14.4. The van der Waals surface area contributed by atoms with Crippen molar-refractivity contribution in [3.8, 4) is 5.75 Å². The molecule has 96 valence electrons. The lowest BCUT2D eigenvalue weighted by atomic mass is 10.00. The summed E-state index contributed by atoms with van der Waals surface area (Å²) in [7, 11) is 3.76. The van der Waals surface area contributed by atoms with Crippen LogP contribution in [0.3, 0.4) is 0 Å². The van der Waals surface area contributed by atoms with Gasteiger partial charge in [-0.05, 0) is 43.5 Å². The molecule has 1 N–H and O–H groups in total. The quantitative estimate of drug-likeness (QED) is 0.806. The van der Waals surface area contributed by atoms with Crippen molar-refractivity contribution in [1.82, 2.24) is 5.32 Å². The lowest BCUT2D eigenvalue weighted by Gasteiger charge is -2.20. The Bertz CT molecular complexity index is 341. The van der Waals surface area contributed by atoms with Crippen molar-refractivity contribution in [2.75, 3.05) is 26.2 Å². The van der Waals surface area contributed by atoms with Crippen LogP contribution in [0.15, 0.2) is 18.2 Å². The maximum Gasteiger partial charge on any atom is 0.123 e. The molecule has 1 aromatic carbocycles. The number of nitrogens with one attached hydrogen (secondary N) is 1. The highest BCUT2D eigenvalue weighted by Crippen LogP contribution is 2.29. The molecule has 0 bridgehead atoms. The maximum atomic E-state index is 5.46. The summed E-state index contributed by atoms with van der Waals surface area (Å²) in [5.74, 6) is 2.15. The Morgan fingerprint density at radius 1 is 1.41 bits per heavy atom. The van der Waals surface area contributed by atoms with Crippen LogP contribution in [-0.4, -0.2) is 26.2 Å². The zero-order valence-corrected chi connectivity index (χ0v) is 12.1. The summed E-state index contributed by atoms with van der Waals surface area (Å²) in [6, 6.07) is 6.87. The van der Waals surface area contributed by atoms with Crippen molar-refractivity contribution in [1.29, 1.82) is 0 Å². The van der Waals surface area contributed by atoms with E-state index in [1.807, 2.05) is 18.8 Å². The normalized spacial score (nSPS) is 12.5. The van der Waals surface area contributed by atoms with Crippen molar-refractivity contribution in [2.24, 2.45) is 0 Å². The molecule has 0 aromatic heterocycles. The molecule has 1 unspecified atom stereocenters. The third-order valence-electron chi connectivity index (χ3n) is 3.04. The van der Waals surface area contributed by atoms with E-state index in [4.69, 9.17) is 4.74 Å². The second-order valence-corrected chi connectivity index (χ2v) is 5.04. The Hall–Kier alpha value is -0.670. The standard InChI is InChI=1S/C14H23NOS/c1-5-11-6-7-14(16-3)12(10-11)13(15-2)8-9-17-4/h6-7,10,13,15H,5,8-9H2,1-4H3. The summed E-state index contributed by atoms with van der Waals surface area (Å²) in [4.78, 5) is 0. The molecule has 2 nitrogen and oxygen atoms in total. The molecule has 0 saturated carbocycles. The van der Waals surface area contributed by atoms with Gasteiger partial charge in [0.25, 0.3) is 0 Å². The number of benzene rings is 1. The molecule has 0 amide bonds. The van der Waals surface area contributed by atoms with Crippen LogP contribution in [-0.2, 0) is 6.42 Å². The minimum atomic E-state index is 0.379. The van der Waals surface area contributed by atoms with E-state index in [1.165, 1.54) is 11.1 Å². The molecular weight excluding hydrogens is 230 g/mol. The van der Waals surface area contributed by atoms with Crippen LogP contribution in [0, 0.1) is 0 Å². The van der Waals surface area contributed by atoms with Crippen molar-refractivity contribution in [2.45, 2.75) is 25.8 Å². The first-order valence-corrected chi connectivity index (χ1v) is 7.49. The molecule has 1 atom stereocenters. The molecule has 0 fully saturated rings. The predicted octanol–water partition coefficient (Wildman–Crippen LogP) is 3.27. The maximum absolute atomic E-state index is 5.46. The third-order valence-corrected chi connectivity index (χ3v) is 3.68. The third kappa shape index (κ3) is 3.93. The van der Waals surface area contributed by atoms with Crippen LogP contribution in [0.2, 0.25) is 0 Å². The van der Waals surface area contributed by atoms with Gasteiger partial charge in [0.05, 0.1) is 7.11 Å². The van der Waals surface area contributed by atoms with Crippen molar-refractivity contribution in [3.05, 3.63) is 29.3 Å². The minimum absolute atomic E-state index is 0.379. The Labute approximate surface area is 109 Å². The lowest BCUT2D eigenvalue weighted by Crippen LogP contribution is -2.18. The van der Waals surface area contributed by atoms with Gasteiger partial charge in [0, 0.05) is 11.6 Å². The van der Waals surface area contributed by atoms with E-state index in [9.17, 15) is 0 Å². The molecule has 1 aromatic rings. The average Bonchev–Trinajstić information content (AvgIpc) is 2.39. The Morgan fingerprint density at radius 3 is 2.71 bits per heavy atom. The van der Waals surface area contributed by atoms with E-state index in [-0.39, 0.29) is 0 Å². The largest absolute Gasteiger partial charge is 0.496 e. The van der Waals surface area contributed by atoms with Crippen LogP contribution in [0.5, 0.6) is 5.75 Å². The van der Waals surface area contributed by atoms with Gasteiger partial charge in [-0.3, -0.25) is 0 Å². The fraction of sp³-hybridized carbons (Fsp3) is 0.571. The number of rotatable bonds is 7. The van der Waals surface area contributed by atoms with E-state index in [1.54, 1.807) is 7.11 Å². The predicted molar refractivity (Wildman–Crippen MR) is 77.2 cm³/mol. The van der Waals surface area contributed by atoms with Crippen LogP contribution in [0.25, 0.3) is 0 Å². The molecule has 3 heteroatoms. The topological polar surface area (TPSA) is 21.3 Å². The monoisotopic (exact) mass is 253 g/mol. The summed E-state index contributed by atoms with van der Waals surface area (Å²) in [6.07, 6.45) is 4.34. The van der Waals surface area contributed by atoms with E-state index in [0.29, 0.717) is 6.04 Å². The van der Waals surface area contributed by atoms with E-state index in [0.717, 1.165) is 24.3 Å². The SMILES string of the molecule is CCc1ccc(OC)c(C(CCSC)NC)c1. The summed E-state index contributed by atoms with van der Waals surface area (Å²) >= 11 is 1.88. The van der Waals surface area contributed by atoms with Crippen LogP contribution < -0.4 is 10.1 Å². The zero-order chi connectivity index (χ0) is 12.7. The number of hydrogen-bond donors (Lipinski definition) is 1. The molecular formula is C14H23NOS. The van der Waals surface area contributed by atoms with Crippen molar-refractivity contribution >= 4 is 11.8 Å². The fourth-order valence-electron chi connectivity index (χ4n) is 1.97. The summed E-state index contributed by atoms with van der Waals surface area (Å²) in [6.45, 7) is 2.18. The van der Waals surface area contributed by atoms with Gasteiger partial charge in [0.2, 0.25) is 0 Å². The molecule has 1 rings (SSSR count). The second kappa shape index (κ2) is 7.62. The second-order valence-electron chi connectivity index (χ2n) is 4.05. The van der Waals surface area contributed by atoms with Gasteiger partial charge in [0.15, 0.2) is 0 Å². The summed E-state index contributed by atoms with van der Waals surface area (Å²) in [5, 5.41) is 3.39. The molecule has 0 aliphatic rings. The van der Waals surface area contributed by atoms with E-state index in [2.05, 4.69) is 36.7 Å². The highest BCUT2D eigenvalue weighted by molar-refractivity contribution is 7.98. The lowest BCUT2D eigenvalue weighted by molar-refractivity contribution is 0.400. The number of hydrogen-bond acceptors (Lipinski definition) is 3. The van der Waals surface area contributed by atoms with Gasteiger partial charge in [-0.15, -0.1) is 0 Å². The minimum Gasteiger partial charge on any atom is -0.496 e. The Morgan fingerprint density at radius 2 is 2.18 bits per heavy atom. The van der Waals surface area contributed by atoms with Gasteiger partial charge < -0.3 is 10.1 Å². The van der Waals surface area contributed by atoms with Gasteiger partial charge in [-0.25, -0.2) is 0 Å². The molecule has 0 spiro atoms. The molecule has 0 saturated heterocycles. The zero-order valence-electron chi connectivity index (χ0n) is 11.2. The van der Waals surface area contributed by atoms with Crippen molar-refractivity contribution in [3.63, 3.8) is 0 Å². The Kier molecular flexibility index (Phi) is 6.45. The molecule has 0 radical (unpaired) electrons. The van der Waals surface area contributed by atoms with Crippen LogP contribution in [0.4, 0.5) is 0 Å². The number of thioether (sulfide) groups is 1. The number of ether oxygens (including phenoxy) is 1. The summed E-state index contributed by atoms with van der Waals surface area (Å²) in [5.41, 5.74) is 2.65. The highest BCUT2D eigenvalue weighted by Gasteiger charge is 2.14. The van der Waals surface area contributed by atoms with Crippen LogP contribution in [0.1, 0.15) is 30.5 Å². The average molecular weight is 253 g/mol. The molecule has 0 aliphatic heterocycles. The molecule has 17 heavy (non-hydrogen) atoms. The fourth-order valence-corrected chi connectivity index (χ4v) is 2.44. The first-order valence-electron chi connectivity index (χ1n) is 6.09. The molecule has 0 aliphatic carbocycles. The summed E-state index contributed by atoms with van der Waals surface area (Å²) < 4.78 is 5.46. The van der Waals surface area contributed by atoms with E-state index >= 15 is 0 Å². The first-order chi connectivity index (χ1) is 8.26. The van der Waals surface area contributed by atoms with Gasteiger partial charge in [0.1, 0.15) is 5.75 Å². The van der Waals surface area contributed by atoms with E-state index < -0.39 is 0 Å². The van der Waals surface area contributed by atoms with Crippen LogP contribution >= 0.6 is 11.8 Å². The number of aryl methyl sites for hydroxylation is 1.